The van der Waals surface area contributed by atoms with Gasteiger partial charge in [-0.2, -0.15) is 0 Å². The van der Waals surface area contributed by atoms with Crippen LogP contribution in [0.4, 0.5) is 5.69 Å². The van der Waals surface area contributed by atoms with Crippen molar-refractivity contribution in [2.24, 2.45) is 0 Å². The lowest BCUT2D eigenvalue weighted by atomic mass is 10.2. The van der Waals surface area contributed by atoms with Gasteiger partial charge in [0.15, 0.2) is 5.69 Å². The minimum Gasteiger partial charge on any atom is -0.476 e. The SMILES string of the molecule is CC(C)c1ncc(NCCCS(C)=O)c(C(=O)O)n1. The molecule has 0 amide bonds. The Balaban J connectivity index is 2.77. The van der Waals surface area contributed by atoms with Crippen LogP contribution in [0.1, 0.15) is 42.5 Å². The number of hydrogen-bond donors (Lipinski definition) is 2. The monoisotopic (exact) mass is 285 g/mol. The highest BCUT2D eigenvalue weighted by Crippen LogP contribution is 2.16. The predicted molar refractivity (Wildman–Crippen MR) is 75.1 cm³/mol. The quantitative estimate of drug-likeness (QED) is 0.737. The van der Waals surface area contributed by atoms with Crippen LogP contribution in [0.3, 0.4) is 0 Å². The minimum atomic E-state index is -1.08. The highest BCUT2D eigenvalue weighted by atomic mass is 32.2. The van der Waals surface area contributed by atoms with Crippen LogP contribution in [0.5, 0.6) is 0 Å². The van der Waals surface area contributed by atoms with Gasteiger partial charge >= 0.3 is 5.97 Å². The van der Waals surface area contributed by atoms with Gasteiger partial charge in [0.05, 0.1) is 11.9 Å². The maximum Gasteiger partial charge on any atom is 0.356 e. The van der Waals surface area contributed by atoms with E-state index in [1.54, 1.807) is 6.26 Å². The summed E-state index contributed by atoms with van der Waals surface area (Å²) in [5, 5.41) is 12.1. The largest absolute Gasteiger partial charge is 0.476 e. The Morgan fingerprint density at radius 3 is 2.74 bits per heavy atom. The van der Waals surface area contributed by atoms with E-state index in [9.17, 15) is 9.00 Å². The maximum absolute atomic E-state index is 11.2. The van der Waals surface area contributed by atoms with Crippen LogP contribution in [0.25, 0.3) is 0 Å². The second kappa shape index (κ2) is 7.18. The zero-order valence-electron chi connectivity index (χ0n) is 11.3. The molecule has 19 heavy (non-hydrogen) atoms. The van der Waals surface area contributed by atoms with Crippen LogP contribution in [-0.2, 0) is 10.8 Å². The molecule has 1 aromatic rings. The van der Waals surface area contributed by atoms with Crippen LogP contribution in [-0.4, -0.2) is 43.8 Å². The molecule has 1 atom stereocenters. The Hall–Kier alpha value is -1.50. The second-order valence-corrected chi connectivity index (χ2v) is 6.06. The van der Waals surface area contributed by atoms with Crippen molar-refractivity contribution in [2.45, 2.75) is 26.2 Å². The topological polar surface area (TPSA) is 92.2 Å². The molecule has 106 valence electrons. The van der Waals surface area contributed by atoms with Crippen LogP contribution in [0.2, 0.25) is 0 Å². The van der Waals surface area contributed by atoms with Crippen molar-refractivity contribution in [2.75, 3.05) is 23.9 Å². The molecule has 1 unspecified atom stereocenters. The maximum atomic E-state index is 11.2. The Morgan fingerprint density at radius 2 is 2.21 bits per heavy atom. The van der Waals surface area contributed by atoms with Gasteiger partial charge in [0.25, 0.3) is 0 Å². The molecule has 1 heterocycles. The molecule has 1 aromatic heterocycles. The molecule has 7 heteroatoms. The Bertz CT molecular complexity index is 477. The summed E-state index contributed by atoms with van der Waals surface area (Å²) in [6.45, 7) is 4.36. The molecule has 0 bridgehead atoms. The number of carboxylic acid groups (broad SMARTS) is 1. The summed E-state index contributed by atoms with van der Waals surface area (Å²) in [4.78, 5) is 19.3. The number of aromatic carboxylic acids is 1. The first kappa shape index (κ1) is 15.6. The summed E-state index contributed by atoms with van der Waals surface area (Å²) in [7, 11) is -0.835. The van der Waals surface area contributed by atoms with Gasteiger partial charge in [0.1, 0.15) is 5.82 Å². The van der Waals surface area contributed by atoms with Crippen molar-refractivity contribution in [3.8, 4) is 0 Å². The van der Waals surface area contributed by atoms with Gasteiger partial charge < -0.3 is 10.4 Å². The average molecular weight is 285 g/mol. The highest BCUT2D eigenvalue weighted by Gasteiger charge is 2.15. The lowest BCUT2D eigenvalue weighted by Gasteiger charge is -2.10. The van der Waals surface area contributed by atoms with Crippen LogP contribution >= 0.6 is 0 Å². The van der Waals surface area contributed by atoms with Crippen LogP contribution < -0.4 is 5.32 Å². The number of hydrogen-bond acceptors (Lipinski definition) is 5. The number of carboxylic acids is 1. The molecule has 0 aliphatic heterocycles. The Morgan fingerprint density at radius 1 is 1.53 bits per heavy atom. The van der Waals surface area contributed by atoms with E-state index in [1.807, 2.05) is 13.8 Å². The van der Waals surface area contributed by atoms with Crippen LogP contribution in [0.15, 0.2) is 6.20 Å². The molecule has 6 nitrogen and oxygen atoms in total. The first-order valence-corrected chi connectivity index (χ1v) is 7.78. The van der Waals surface area contributed by atoms with Crippen molar-refractivity contribution in [3.63, 3.8) is 0 Å². The van der Waals surface area contributed by atoms with Crippen molar-refractivity contribution in [1.82, 2.24) is 9.97 Å². The molecule has 0 aromatic carbocycles. The Kier molecular flexibility index (Phi) is 5.88. The third kappa shape index (κ3) is 4.94. The predicted octanol–water partition coefficient (Wildman–Crippen LogP) is 1.48. The summed E-state index contributed by atoms with van der Waals surface area (Å²) in [5.74, 6) is 0.0958. The summed E-state index contributed by atoms with van der Waals surface area (Å²) >= 11 is 0. The second-order valence-electron chi connectivity index (χ2n) is 4.51. The van der Waals surface area contributed by atoms with E-state index in [-0.39, 0.29) is 11.6 Å². The van der Waals surface area contributed by atoms with E-state index >= 15 is 0 Å². The zero-order chi connectivity index (χ0) is 14.4. The molecule has 0 saturated heterocycles. The van der Waals surface area contributed by atoms with E-state index in [1.165, 1.54) is 6.20 Å². The van der Waals surface area contributed by atoms with E-state index in [4.69, 9.17) is 5.11 Å². The fraction of sp³-hybridized carbons (Fsp3) is 0.583. The van der Waals surface area contributed by atoms with Crippen molar-refractivity contribution >= 4 is 22.5 Å². The van der Waals surface area contributed by atoms with Crippen molar-refractivity contribution in [3.05, 3.63) is 17.7 Å². The molecule has 0 saturated carbocycles. The Labute approximate surface area is 115 Å². The number of aromatic nitrogens is 2. The van der Waals surface area contributed by atoms with Gasteiger partial charge in [-0.3, -0.25) is 4.21 Å². The lowest BCUT2D eigenvalue weighted by molar-refractivity contribution is 0.0691. The number of nitrogens with one attached hydrogen (secondary N) is 1. The summed E-state index contributed by atoms with van der Waals surface area (Å²) in [5.41, 5.74) is 0.384. The fourth-order valence-corrected chi connectivity index (χ4v) is 2.02. The zero-order valence-corrected chi connectivity index (χ0v) is 12.2. The smallest absolute Gasteiger partial charge is 0.356 e. The van der Waals surface area contributed by atoms with E-state index in [2.05, 4.69) is 15.3 Å². The molecule has 0 aliphatic carbocycles. The van der Waals surface area contributed by atoms with Crippen LogP contribution in [0, 0.1) is 0 Å². The highest BCUT2D eigenvalue weighted by molar-refractivity contribution is 7.84. The number of anilines is 1. The molecule has 0 radical (unpaired) electrons. The van der Waals surface area contributed by atoms with Crippen molar-refractivity contribution < 1.29 is 14.1 Å². The molecule has 0 aliphatic rings. The number of carbonyl (C=O) groups is 1. The van der Waals surface area contributed by atoms with Gasteiger partial charge in [0.2, 0.25) is 0 Å². The first-order chi connectivity index (χ1) is 8.91. The third-order valence-corrected chi connectivity index (χ3v) is 3.31. The normalized spacial score (nSPS) is 12.4. The summed E-state index contributed by atoms with van der Waals surface area (Å²) in [6.07, 6.45) is 3.84. The molecular formula is C12H19N3O3S. The summed E-state index contributed by atoms with van der Waals surface area (Å²) < 4.78 is 10.9. The minimum absolute atomic E-state index is 0.0173. The number of nitrogens with zero attached hydrogens (tertiary/aromatic N) is 2. The molecule has 0 fully saturated rings. The van der Waals surface area contributed by atoms with E-state index in [0.29, 0.717) is 30.2 Å². The standard InChI is InChI=1S/C12H19N3O3S/c1-8(2)11-14-7-9(10(15-11)12(16)17)13-5-4-6-19(3)18/h7-8,13H,4-6H2,1-3H3,(H,16,17). The van der Waals surface area contributed by atoms with Crippen molar-refractivity contribution in [1.29, 1.82) is 0 Å². The molecule has 1 rings (SSSR count). The van der Waals surface area contributed by atoms with E-state index < -0.39 is 16.8 Å². The third-order valence-electron chi connectivity index (χ3n) is 2.45. The molecular weight excluding hydrogens is 266 g/mol. The summed E-state index contributed by atoms with van der Waals surface area (Å²) in [6, 6.07) is 0. The van der Waals surface area contributed by atoms with E-state index in [0.717, 1.165) is 0 Å². The molecule has 0 spiro atoms. The number of rotatable bonds is 7. The fourth-order valence-electron chi connectivity index (χ4n) is 1.46. The average Bonchev–Trinajstić information content (AvgIpc) is 2.34. The van der Waals surface area contributed by atoms with Gasteiger partial charge in [-0.15, -0.1) is 0 Å². The van der Waals surface area contributed by atoms with Gasteiger partial charge in [0, 0.05) is 35.3 Å². The molecule has 2 N–H and O–H groups in total. The lowest BCUT2D eigenvalue weighted by Crippen LogP contribution is -2.14. The van der Waals surface area contributed by atoms with Gasteiger partial charge in [-0.05, 0) is 6.42 Å². The van der Waals surface area contributed by atoms with Gasteiger partial charge in [-0.1, -0.05) is 13.8 Å². The first-order valence-electron chi connectivity index (χ1n) is 6.06. The van der Waals surface area contributed by atoms with Gasteiger partial charge in [-0.25, -0.2) is 14.8 Å².